The summed E-state index contributed by atoms with van der Waals surface area (Å²) in [5.41, 5.74) is 2.81. The van der Waals surface area contributed by atoms with Gasteiger partial charge in [0.2, 0.25) is 5.88 Å². The van der Waals surface area contributed by atoms with E-state index in [1.54, 1.807) is 12.3 Å². The first-order valence-corrected chi connectivity index (χ1v) is 14.6. The predicted octanol–water partition coefficient (Wildman–Crippen LogP) is 5.82. The second-order valence-corrected chi connectivity index (χ2v) is 11.7. The Kier molecular flexibility index (Phi) is 9.58. The van der Waals surface area contributed by atoms with Gasteiger partial charge in [-0.15, -0.1) is 0 Å². The van der Waals surface area contributed by atoms with Gasteiger partial charge in [0.25, 0.3) is 0 Å². The zero-order chi connectivity index (χ0) is 27.2. The van der Waals surface area contributed by atoms with E-state index in [2.05, 4.69) is 45.2 Å². The van der Waals surface area contributed by atoms with Gasteiger partial charge in [0.05, 0.1) is 11.9 Å². The first-order chi connectivity index (χ1) is 18.9. The molecule has 1 aromatic carbocycles. The monoisotopic (exact) mass is 568 g/mol. The van der Waals surface area contributed by atoms with E-state index >= 15 is 0 Å². The molecule has 0 aliphatic carbocycles. The van der Waals surface area contributed by atoms with Crippen LogP contribution < -0.4 is 15.0 Å². The van der Waals surface area contributed by atoms with Gasteiger partial charge in [-0.1, -0.05) is 23.2 Å². The average Bonchev–Trinajstić information content (AvgIpc) is 2.93. The normalized spacial score (nSPS) is 17.1. The van der Waals surface area contributed by atoms with Crippen LogP contribution in [0.3, 0.4) is 0 Å². The number of hydrogen-bond donors (Lipinski definition) is 1. The van der Waals surface area contributed by atoms with Crippen LogP contribution in [0.2, 0.25) is 10.0 Å². The summed E-state index contributed by atoms with van der Waals surface area (Å²) in [6.07, 6.45) is 5.53. The van der Waals surface area contributed by atoms with Gasteiger partial charge in [0.15, 0.2) is 0 Å². The highest BCUT2D eigenvalue weighted by molar-refractivity contribution is 6.35. The fourth-order valence-electron chi connectivity index (χ4n) is 5.32. The molecule has 39 heavy (non-hydrogen) atoms. The largest absolute Gasteiger partial charge is 0.437 e. The predicted molar refractivity (Wildman–Crippen MR) is 160 cm³/mol. The van der Waals surface area contributed by atoms with Crippen LogP contribution >= 0.6 is 23.2 Å². The van der Waals surface area contributed by atoms with Gasteiger partial charge in [0.1, 0.15) is 11.6 Å². The van der Waals surface area contributed by atoms with Crippen LogP contribution in [0.15, 0.2) is 48.7 Å². The Labute approximate surface area is 242 Å². The van der Waals surface area contributed by atoms with E-state index in [9.17, 15) is 0 Å². The van der Waals surface area contributed by atoms with Crippen LogP contribution in [0.5, 0.6) is 11.6 Å². The SMILES string of the molecule is CN(C)CCC1CCN(Cc2cc(Oc3ccc(N4CCNCC4)nc3)nc(-c3cc(Cl)cc(Cl)c3)c2)CC1. The number of ether oxygens (including phenoxy) is 1. The molecule has 0 amide bonds. The number of aromatic nitrogens is 2. The van der Waals surface area contributed by atoms with Gasteiger partial charge in [-0.3, -0.25) is 4.90 Å². The van der Waals surface area contributed by atoms with Crippen molar-refractivity contribution in [3.8, 4) is 22.9 Å². The summed E-state index contributed by atoms with van der Waals surface area (Å²) in [7, 11) is 4.31. The maximum absolute atomic E-state index is 6.33. The van der Waals surface area contributed by atoms with E-state index < -0.39 is 0 Å². The van der Waals surface area contributed by atoms with Crippen LogP contribution in [0.1, 0.15) is 24.8 Å². The minimum Gasteiger partial charge on any atom is -0.437 e. The topological polar surface area (TPSA) is 56.8 Å². The fraction of sp³-hybridized carbons (Fsp3) is 0.467. The third-order valence-electron chi connectivity index (χ3n) is 7.50. The third kappa shape index (κ3) is 8.05. The molecule has 2 aliphatic heterocycles. The van der Waals surface area contributed by atoms with Gasteiger partial charge < -0.3 is 19.9 Å². The maximum Gasteiger partial charge on any atom is 0.220 e. The van der Waals surface area contributed by atoms with E-state index in [4.69, 9.17) is 32.9 Å². The molecule has 3 aromatic rings. The number of nitrogens with one attached hydrogen (secondary N) is 1. The first-order valence-electron chi connectivity index (χ1n) is 13.9. The maximum atomic E-state index is 6.33. The van der Waals surface area contributed by atoms with Crippen molar-refractivity contribution in [3.63, 3.8) is 0 Å². The Hall–Kier alpha value is -2.42. The lowest BCUT2D eigenvalue weighted by molar-refractivity contribution is 0.165. The first kappa shape index (κ1) is 28.1. The van der Waals surface area contributed by atoms with Crippen molar-refractivity contribution in [1.82, 2.24) is 25.1 Å². The summed E-state index contributed by atoms with van der Waals surface area (Å²) in [5.74, 6) is 2.97. The third-order valence-corrected chi connectivity index (χ3v) is 7.94. The molecule has 9 heteroatoms. The highest BCUT2D eigenvalue weighted by Crippen LogP contribution is 2.31. The van der Waals surface area contributed by atoms with Gasteiger partial charge in [-0.05, 0) is 101 Å². The molecule has 5 rings (SSSR count). The number of pyridine rings is 2. The summed E-state index contributed by atoms with van der Waals surface area (Å²) < 4.78 is 6.25. The Morgan fingerprint density at radius 3 is 2.38 bits per heavy atom. The van der Waals surface area contributed by atoms with Gasteiger partial charge in [-0.2, -0.15) is 0 Å². The Morgan fingerprint density at radius 2 is 1.72 bits per heavy atom. The standard InChI is InChI=1S/C30H38Cl2N6O/c1-36(2)10-5-22-6-11-37(12-7-22)21-23-15-28(24-17-25(31)19-26(32)18-24)35-30(16-23)39-27-3-4-29(34-20-27)38-13-8-33-9-14-38/h3-4,15-20,22,33H,5-14,21H2,1-2H3. The van der Waals surface area contributed by atoms with Crippen molar-refractivity contribution < 1.29 is 4.74 Å². The zero-order valence-corrected chi connectivity index (χ0v) is 24.4. The molecule has 0 atom stereocenters. The molecule has 0 saturated carbocycles. The van der Waals surface area contributed by atoms with E-state index in [1.165, 1.54) is 19.3 Å². The quantitative estimate of drug-likeness (QED) is 0.349. The Balaban J connectivity index is 1.33. The highest BCUT2D eigenvalue weighted by Gasteiger charge is 2.20. The van der Waals surface area contributed by atoms with Crippen molar-refractivity contribution in [3.05, 3.63) is 64.3 Å². The molecule has 2 aliphatic rings. The zero-order valence-electron chi connectivity index (χ0n) is 22.9. The van der Waals surface area contributed by atoms with Crippen LogP contribution in [0.4, 0.5) is 5.82 Å². The number of nitrogens with zero attached hydrogens (tertiary/aromatic N) is 5. The average molecular weight is 570 g/mol. The number of hydrogen-bond acceptors (Lipinski definition) is 7. The van der Waals surface area contributed by atoms with Gasteiger partial charge >= 0.3 is 0 Å². The Bertz CT molecular complexity index is 1200. The van der Waals surface area contributed by atoms with Crippen molar-refractivity contribution >= 4 is 29.0 Å². The lowest BCUT2D eigenvalue weighted by atomic mass is 9.93. The van der Waals surface area contributed by atoms with Crippen molar-refractivity contribution in [2.75, 3.05) is 64.8 Å². The number of benzene rings is 1. The second kappa shape index (κ2) is 13.3. The molecule has 2 aromatic heterocycles. The van der Waals surface area contributed by atoms with Crippen molar-refractivity contribution in [1.29, 1.82) is 0 Å². The molecule has 0 unspecified atom stereocenters. The fourth-order valence-corrected chi connectivity index (χ4v) is 5.85. The van der Waals surface area contributed by atoms with E-state index in [0.717, 1.165) is 80.9 Å². The molecule has 0 spiro atoms. The second-order valence-electron chi connectivity index (χ2n) is 10.9. The van der Waals surface area contributed by atoms with Gasteiger partial charge in [0, 0.05) is 54.4 Å². The number of anilines is 1. The molecule has 2 saturated heterocycles. The molecule has 0 radical (unpaired) electrons. The van der Waals surface area contributed by atoms with Crippen molar-refractivity contribution in [2.24, 2.45) is 5.92 Å². The lowest BCUT2D eigenvalue weighted by Gasteiger charge is -2.32. The lowest BCUT2D eigenvalue weighted by Crippen LogP contribution is -2.43. The number of piperazine rings is 1. The van der Waals surface area contributed by atoms with Gasteiger partial charge in [-0.25, -0.2) is 9.97 Å². The molecular weight excluding hydrogens is 531 g/mol. The number of piperidine rings is 1. The summed E-state index contributed by atoms with van der Waals surface area (Å²) in [6, 6.07) is 13.7. The van der Waals surface area contributed by atoms with Crippen LogP contribution in [-0.2, 0) is 6.54 Å². The van der Waals surface area contributed by atoms with Crippen molar-refractivity contribution in [2.45, 2.75) is 25.8 Å². The number of rotatable bonds is 9. The summed E-state index contributed by atoms with van der Waals surface area (Å²) in [4.78, 5) is 16.6. The molecule has 208 valence electrons. The van der Waals surface area contributed by atoms with Crippen LogP contribution in [0.25, 0.3) is 11.3 Å². The molecule has 2 fully saturated rings. The minimum atomic E-state index is 0.538. The van der Waals surface area contributed by atoms with E-state index in [1.807, 2.05) is 30.3 Å². The molecule has 1 N–H and O–H groups in total. The Morgan fingerprint density at radius 1 is 0.974 bits per heavy atom. The summed E-state index contributed by atoms with van der Waals surface area (Å²) >= 11 is 12.7. The van der Waals surface area contributed by atoms with Crippen LogP contribution in [-0.4, -0.2) is 79.7 Å². The minimum absolute atomic E-state index is 0.538. The van der Waals surface area contributed by atoms with E-state index in [-0.39, 0.29) is 0 Å². The highest BCUT2D eigenvalue weighted by atomic mass is 35.5. The smallest absolute Gasteiger partial charge is 0.220 e. The summed E-state index contributed by atoms with van der Waals surface area (Å²) in [5, 5.41) is 4.54. The molecule has 0 bridgehead atoms. The molecule has 7 nitrogen and oxygen atoms in total. The molecule has 4 heterocycles. The number of halogens is 2. The molecular formula is C30H38Cl2N6O. The van der Waals surface area contributed by atoms with E-state index in [0.29, 0.717) is 21.7 Å². The number of likely N-dealkylation sites (tertiary alicyclic amines) is 1. The summed E-state index contributed by atoms with van der Waals surface area (Å²) in [6.45, 7) is 8.07. The van der Waals surface area contributed by atoms with Crippen LogP contribution in [0, 0.1) is 5.92 Å².